The molecule has 0 aliphatic carbocycles. The summed E-state index contributed by atoms with van der Waals surface area (Å²) in [6, 6.07) is 10.5. The van der Waals surface area contributed by atoms with E-state index in [1.807, 2.05) is 30.3 Å². The monoisotopic (exact) mass is 225 g/mol. The quantitative estimate of drug-likeness (QED) is 0.616. The molecule has 1 aromatic rings. The van der Waals surface area contributed by atoms with E-state index in [9.17, 15) is 5.11 Å². The Hall–Kier alpha value is -0.570. The molecule has 2 nitrogen and oxygen atoms in total. The molecule has 1 aromatic carbocycles. The molecule has 1 aliphatic rings. The number of hydrogen-bond acceptors (Lipinski definition) is 2. The lowest BCUT2D eigenvalue weighted by Gasteiger charge is -2.37. The fourth-order valence-corrected chi connectivity index (χ4v) is 2.32. The minimum Gasteiger partial charge on any atom is -0.385 e. The number of nitrogens with zero attached hydrogens (tertiary/aromatic N) is 1. The normalized spacial score (nSPS) is 21.5. The fraction of sp³-hybridized carbons (Fsp3) is 0.500. The summed E-state index contributed by atoms with van der Waals surface area (Å²) in [5, 5.41) is 10.5. The minimum atomic E-state index is -0.649. The van der Waals surface area contributed by atoms with E-state index in [0.717, 1.165) is 31.5 Å². The van der Waals surface area contributed by atoms with Crippen LogP contribution in [0.3, 0.4) is 0 Å². The number of halogens is 1. The minimum absolute atomic E-state index is 0.560. The molecule has 0 spiro atoms. The van der Waals surface area contributed by atoms with Gasteiger partial charge in [0.25, 0.3) is 0 Å². The van der Waals surface area contributed by atoms with Gasteiger partial charge in [0, 0.05) is 13.1 Å². The molecular formula is C12H16ClNO. The molecule has 1 fully saturated rings. The van der Waals surface area contributed by atoms with Gasteiger partial charge in [0.2, 0.25) is 0 Å². The van der Waals surface area contributed by atoms with Crippen molar-refractivity contribution in [2.75, 3.05) is 19.1 Å². The molecular weight excluding hydrogens is 210 g/mol. The highest BCUT2D eigenvalue weighted by molar-refractivity contribution is 6.17. The van der Waals surface area contributed by atoms with Crippen LogP contribution in [0.4, 0.5) is 0 Å². The first-order valence-electron chi connectivity index (χ1n) is 5.31. The van der Waals surface area contributed by atoms with E-state index in [0.29, 0.717) is 6.00 Å². The Morgan fingerprint density at radius 1 is 1.20 bits per heavy atom. The number of aliphatic hydroxyl groups is 1. The maximum absolute atomic E-state index is 10.5. The molecule has 0 atom stereocenters. The van der Waals surface area contributed by atoms with Gasteiger partial charge in [-0.2, -0.15) is 0 Å². The van der Waals surface area contributed by atoms with Crippen molar-refractivity contribution in [1.29, 1.82) is 0 Å². The average Bonchev–Trinajstić information content (AvgIpc) is 2.31. The van der Waals surface area contributed by atoms with Gasteiger partial charge in [-0.15, -0.1) is 11.6 Å². The van der Waals surface area contributed by atoms with Crippen LogP contribution < -0.4 is 0 Å². The third-order valence-corrected chi connectivity index (χ3v) is 3.50. The second-order valence-corrected chi connectivity index (χ2v) is 4.37. The summed E-state index contributed by atoms with van der Waals surface area (Å²) < 4.78 is 0. The SMILES string of the molecule is OC1(c2ccccc2)CCN(CCl)CC1. The van der Waals surface area contributed by atoms with Crippen molar-refractivity contribution < 1.29 is 5.11 Å². The van der Waals surface area contributed by atoms with Crippen LogP contribution in [-0.2, 0) is 5.60 Å². The number of benzene rings is 1. The highest BCUT2D eigenvalue weighted by atomic mass is 35.5. The van der Waals surface area contributed by atoms with Crippen LogP contribution in [0, 0.1) is 0 Å². The molecule has 0 saturated carbocycles. The summed E-state index contributed by atoms with van der Waals surface area (Å²) >= 11 is 5.76. The summed E-state index contributed by atoms with van der Waals surface area (Å²) in [5.74, 6) is 0. The van der Waals surface area contributed by atoms with Crippen LogP contribution in [0.5, 0.6) is 0 Å². The van der Waals surface area contributed by atoms with Gasteiger partial charge in [0.05, 0.1) is 11.6 Å². The zero-order chi connectivity index (χ0) is 10.7. The topological polar surface area (TPSA) is 23.5 Å². The van der Waals surface area contributed by atoms with Crippen molar-refractivity contribution in [3.8, 4) is 0 Å². The van der Waals surface area contributed by atoms with E-state index in [2.05, 4.69) is 4.90 Å². The predicted octanol–water partition coefficient (Wildman–Crippen LogP) is 2.17. The molecule has 2 rings (SSSR count). The summed E-state index contributed by atoms with van der Waals surface area (Å²) in [7, 11) is 0. The van der Waals surface area contributed by atoms with Gasteiger partial charge in [0.1, 0.15) is 0 Å². The average molecular weight is 226 g/mol. The third-order valence-electron chi connectivity index (χ3n) is 3.16. The Kier molecular flexibility index (Phi) is 3.29. The molecule has 0 radical (unpaired) electrons. The van der Waals surface area contributed by atoms with E-state index in [4.69, 9.17) is 11.6 Å². The Bertz CT molecular complexity index is 307. The van der Waals surface area contributed by atoms with E-state index < -0.39 is 5.60 Å². The van der Waals surface area contributed by atoms with Crippen molar-refractivity contribution in [1.82, 2.24) is 4.90 Å². The maximum atomic E-state index is 10.5. The zero-order valence-electron chi connectivity index (χ0n) is 8.69. The third kappa shape index (κ3) is 2.33. The number of hydrogen-bond donors (Lipinski definition) is 1. The van der Waals surface area contributed by atoms with Crippen molar-refractivity contribution in [3.63, 3.8) is 0 Å². The van der Waals surface area contributed by atoms with E-state index in [1.165, 1.54) is 0 Å². The maximum Gasteiger partial charge on any atom is 0.0920 e. The van der Waals surface area contributed by atoms with Gasteiger partial charge < -0.3 is 5.11 Å². The summed E-state index contributed by atoms with van der Waals surface area (Å²) in [6.07, 6.45) is 1.54. The van der Waals surface area contributed by atoms with Gasteiger partial charge in [-0.05, 0) is 18.4 Å². The highest BCUT2D eigenvalue weighted by Crippen LogP contribution is 2.32. The van der Waals surface area contributed by atoms with E-state index >= 15 is 0 Å². The molecule has 0 amide bonds. The number of likely N-dealkylation sites (tertiary alicyclic amines) is 1. The van der Waals surface area contributed by atoms with Crippen molar-refractivity contribution in [2.24, 2.45) is 0 Å². The van der Waals surface area contributed by atoms with Crippen LogP contribution in [0.2, 0.25) is 0 Å². The van der Waals surface area contributed by atoms with Crippen LogP contribution in [0.1, 0.15) is 18.4 Å². The molecule has 15 heavy (non-hydrogen) atoms. The van der Waals surface area contributed by atoms with Gasteiger partial charge in [0.15, 0.2) is 0 Å². The first-order chi connectivity index (χ1) is 7.24. The summed E-state index contributed by atoms with van der Waals surface area (Å²) in [5.41, 5.74) is 0.378. The Labute approximate surface area is 95.5 Å². The molecule has 3 heteroatoms. The van der Waals surface area contributed by atoms with Crippen LogP contribution in [0.25, 0.3) is 0 Å². The summed E-state index contributed by atoms with van der Waals surface area (Å²) in [4.78, 5) is 2.15. The number of alkyl halides is 1. The first kappa shape index (κ1) is 10.9. The predicted molar refractivity (Wildman–Crippen MR) is 61.9 cm³/mol. The van der Waals surface area contributed by atoms with Crippen LogP contribution >= 0.6 is 11.6 Å². The van der Waals surface area contributed by atoms with Crippen LogP contribution in [0.15, 0.2) is 30.3 Å². The van der Waals surface area contributed by atoms with Crippen molar-refractivity contribution in [2.45, 2.75) is 18.4 Å². The van der Waals surface area contributed by atoms with Crippen LogP contribution in [-0.4, -0.2) is 29.1 Å². The number of rotatable bonds is 2. The Morgan fingerprint density at radius 2 is 1.80 bits per heavy atom. The van der Waals surface area contributed by atoms with Gasteiger partial charge in [-0.1, -0.05) is 30.3 Å². The standard InChI is InChI=1S/C12H16ClNO/c13-10-14-8-6-12(15,7-9-14)11-4-2-1-3-5-11/h1-5,15H,6-10H2. The second kappa shape index (κ2) is 4.52. The lowest BCUT2D eigenvalue weighted by Crippen LogP contribution is -2.41. The van der Waals surface area contributed by atoms with Gasteiger partial charge in [-0.3, -0.25) is 4.90 Å². The van der Waals surface area contributed by atoms with Gasteiger partial charge >= 0.3 is 0 Å². The fourth-order valence-electron chi connectivity index (χ4n) is 2.08. The van der Waals surface area contributed by atoms with Crippen molar-refractivity contribution in [3.05, 3.63) is 35.9 Å². The molecule has 1 aliphatic heterocycles. The summed E-state index contributed by atoms with van der Waals surface area (Å²) in [6.45, 7) is 1.74. The highest BCUT2D eigenvalue weighted by Gasteiger charge is 2.33. The first-order valence-corrected chi connectivity index (χ1v) is 5.84. The Balaban J connectivity index is 2.10. The smallest absolute Gasteiger partial charge is 0.0920 e. The molecule has 82 valence electrons. The second-order valence-electron chi connectivity index (χ2n) is 4.14. The molecule has 0 aromatic heterocycles. The number of piperidine rings is 1. The Morgan fingerprint density at radius 3 is 2.33 bits per heavy atom. The molecule has 1 heterocycles. The van der Waals surface area contributed by atoms with E-state index in [-0.39, 0.29) is 0 Å². The largest absolute Gasteiger partial charge is 0.385 e. The lowest BCUT2D eigenvalue weighted by molar-refractivity contribution is -0.0219. The van der Waals surface area contributed by atoms with E-state index in [1.54, 1.807) is 0 Å². The van der Waals surface area contributed by atoms with Gasteiger partial charge in [-0.25, -0.2) is 0 Å². The molecule has 0 unspecified atom stereocenters. The molecule has 0 bridgehead atoms. The lowest BCUT2D eigenvalue weighted by atomic mass is 9.85. The molecule has 1 N–H and O–H groups in total. The zero-order valence-corrected chi connectivity index (χ0v) is 9.45. The molecule has 1 saturated heterocycles. The van der Waals surface area contributed by atoms with Crippen molar-refractivity contribution >= 4 is 11.6 Å².